The van der Waals surface area contributed by atoms with E-state index >= 15 is 0 Å². The van der Waals surface area contributed by atoms with Gasteiger partial charge in [0.05, 0.1) is 31.8 Å². The van der Waals surface area contributed by atoms with Gasteiger partial charge in [-0.25, -0.2) is 4.98 Å². The second-order valence-electron chi connectivity index (χ2n) is 7.53. The average Bonchev–Trinajstić information content (AvgIpc) is 3.05. The first-order chi connectivity index (χ1) is 14.7. The van der Waals surface area contributed by atoms with Gasteiger partial charge < -0.3 is 5.32 Å². The summed E-state index contributed by atoms with van der Waals surface area (Å²) in [6.45, 7) is 7.97. The molecule has 0 unspecified atom stereocenters. The topological polar surface area (TPSA) is 59.8 Å². The summed E-state index contributed by atoms with van der Waals surface area (Å²) in [6, 6.07) is 11.0. The van der Waals surface area contributed by atoms with E-state index in [1.807, 2.05) is 26.8 Å². The Kier molecular flexibility index (Phi) is 5.69. The lowest BCUT2D eigenvalue weighted by Crippen LogP contribution is -2.17. The normalized spacial score (nSPS) is 11.2. The summed E-state index contributed by atoms with van der Waals surface area (Å²) < 4.78 is 1.60. The Hall–Kier alpha value is -2.60. The van der Waals surface area contributed by atoms with E-state index in [4.69, 9.17) is 39.8 Å². The summed E-state index contributed by atoms with van der Waals surface area (Å²) >= 11 is 18.5. The van der Waals surface area contributed by atoms with Gasteiger partial charge in [-0.3, -0.25) is 4.79 Å². The molecule has 2 aromatic heterocycles. The minimum Gasteiger partial charge on any atom is -0.306 e. The molecule has 4 aromatic rings. The SMILES string of the molecule is Cc1cc(C)c2nc(-n3nc(C)cc3NC(=O)c3c(Cl)ccc(Cl)c3Cl)cc(C)c2c1. The molecular weight excluding hydrogens is 455 g/mol. The summed E-state index contributed by atoms with van der Waals surface area (Å²) in [4.78, 5) is 17.8. The second-order valence-corrected chi connectivity index (χ2v) is 8.72. The molecule has 158 valence electrons. The van der Waals surface area contributed by atoms with E-state index in [0.29, 0.717) is 11.6 Å². The summed E-state index contributed by atoms with van der Waals surface area (Å²) in [5, 5.41) is 9.02. The number of hydrogen-bond donors (Lipinski definition) is 1. The number of nitrogens with zero attached hydrogens (tertiary/aromatic N) is 3. The number of benzene rings is 2. The maximum Gasteiger partial charge on any atom is 0.259 e. The van der Waals surface area contributed by atoms with E-state index in [1.54, 1.807) is 16.8 Å². The third-order valence-corrected chi connectivity index (χ3v) is 6.12. The maximum atomic E-state index is 13.0. The first-order valence-electron chi connectivity index (χ1n) is 9.56. The fourth-order valence-electron chi connectivity index (χ4n) is 3.61. The number of amides is 1. The number of fused-ring (bicyclic) bond motifs is 1. The highest BCUT2D eigenvalue weighted by Crippen LogP contribution is 2.32. The molecule has 0 saturated heterocycles. The van der Waals surface area contributed by atoms with Crippen molar-refractivity contribution in [3.63, 3.8) is 0 Å². The number of halogens is 3. The van der Waals surface area contributed by atoms with Crippen LogP contribution in [0, 0.1) is 27.7 Å². The standard InChI is InChI=1S/C23H19Cl3N4O/c1-11-7-13(3)22-15(8-11)12(2)9-18(27-22)30-19(10-14(4)29-30)28-23(31)20-16(24)5-6-17(25)21(20)26/h5-10H,1-4H3,(H,28,31). The Morgan fingerprint density at radius 1 is 0.935 bits per heavy atom. The largest absolute Gasteiger partial charge is 0.306 e. The van der Waals surface area contributed by atoms with Crippen molar-refractivity contribution in [1.82, 2.24) is 14.8 Å². The van der Waals surface area contributed by atoms with Crippen molar-refractivity contribution in [2.45, 2.75) is 27.7 Å². The van der Waals surface area contributed by atoms with Gasteiger partial charge in [-0.2, -0.15) is 9.78 Å². The molecule has 4 rings (SSSR count). The highest BCUT2D eigenvalue weighted by molar-refractivity contribution is 6.46. The molecule has 1 N–H and O–H groups in total. The van der Waals surface area contributed by atoms with Gasteiger partial charge in [-0.1, -0.05) is 46.4 Å². The van der Waals surface area contributed by atoms with Crippen molar-refractivity contribution in [3.05, 3.63) is 79.4 Å². The monoisotopic (exact) mass is 472 g/mol. The Labute approximate surface area is 195 Å². The predicted molar refractivity (Wildman–Crippen MR) is 127 cm³/mol. The molecule has 0 radical (unpaired) electrons. The van der Waals surface area contributed by atoms with Crippen LogP contribution in [0.15, 0.2) is 36.4 Å². The Morgan fingerprint density at radius 3 is 2.39 bits per heavy atom. The van der Waals surface area contributed by atoms with Crippen LogP contribution in [-0.4, -0.2) is 20.7 Å². The smallest absolute Gasteiger partial charge is 0.259 e. The van der Waals surface area contributed by atoms with Crippen molar-refractivity contribution in [1.29, 1.82) is 0 Å². The molecule has 1 amide bonds. The van der Waals surface area contributed by atoms with Gasteiger partial charge in [0.25, 0.3) is 5.91 Å². The third kappa shape index (κ3) is 4.01. The summed E-state index contributed by atoms with van der Waals surface area (Å²) in [6.07, 6.45) is 0. The molecule has 2 heterocycles. The zero-order valence-corrected chi connectivity index (χ0v) is 19.6. The molecule has 0 aliphatic rings. The van der Waals surface area contributed by atoms with Gasteiger partial charge >= 0.3 is 0 Å². The Morgan fingerprint density at radius 2 is 1.65 bits per heavy atom. The highest BCUT2D eigenvalue weighted by atomic mass is 35.5. The van der Waals surface area contributed by atoms with Crippen molar-refractivity contribution >= 4 is 57.4 Å². The molecule has 0 aliphatic heterocycles. The van der Waals surface area contributed by atoms with Gasteiger partial charge in [0.15, 0.2) is 5.82 Å². The van der Waals surface area contributed by atoms with Crippen LogP contribution in [0.4, 0.5) is 5.82 Å². The second kappa shape index (κ2) is 8.15. The zero-order valence-electron chi connectivity index (χ0n) is 17.3. The van der Waals surface area contributed by atoms with Gasteiger partial charge in [0, 0.05) is 11.5 Å². The molecule has 0 bridgehead atoms. The number of pyridine rings is 1. The minimum atomic E-state index is -0.483. The van der Waals surface area contributed by atoms with Crippen molar-refractivity contribution in [2.24, 2.45) is 0 Å². The lowest BCUT2D eigenvalue weighted by atomic mass is 10.0. The fraction of sp³-hybridized carbons (Fsp3) is 0.174. The lowest BCUT2D eigenvalue weighted by molar-refractivity contribution is 0.102. The molecule has 0 saturated carbocycles. The molecule has 0 atom stereocenters. The van der Waals surface area contributed by atoms with Crippen LogP contribution < -0.4 is 5.32 Å². The van der Waals surface area contributed by atoms with Crippen LogP contribution in [-0.2, 0) is 0 Å². The van der Waals surface area contributed by atoms with Crippen LogP contribution in [0.2, 0.25) is 15.1 Å². The van der Waals surface area contributed by atoms with Crippen LogP contribution in [0.1, 0.15) is 32.7 Å². The van der Waals surface area contributed by atoms with Crippen LogP contribution in [0.3, 0.4) is 0 Å². The number of hydrogen-bond acceptors (Lipinski definition) is 3. The maximum absolute atomic E-state index is 13.0. The number of aryl methyl sites for hydroxylation is 4. The minimum absolute atomic E-state index is 0.0973. The number of carbonyl (C=O) groups excluding carboxylic acids is 1. The van der Waals surface area contributed by atoms with Crippen molar-refractivity contribution in [3.8, 4) is 5.82 Å². The summed E-state index contributed by atoms with van der Waals surface area (Å²) in [5.74, 6) is 0.567. The first kappa shape index (κ1) is 21.6. The molecule has 0 spiro atoms. The lowest BCUT2D eigenvalue weighted by Gasteiger charge is -2.13. The molecule has 31 heavy (non-hydrogen) atoms. The third-order valence-electron chi connectivity index (χ3n) is 5.00. The number of nitrogens with one attached hydrogen (secondary N) is 1. The predicted octanol–water partition coefficient (Wildman–Crippen LogP) is 6.87. The number of aromatic nitrogens is 3. The molecule has 0 fully saturated rings. The molecular formula is C23H19Cl3N4O. The molecule has 5 nitrogen and oxygen atoms in total. The fourth-order valence-corrected chi connectivity index (χ4v) is 4.31. The Bertz CT molecular complexity index is 1360. The number of rotatable bonds is 3. The molecule has 2 aromatic carbocycles. The van der Waals surface area contributed by atoms with Gasteiger partial charge in [0.2, 0.25) is 0 Å². The highest BCUT2D eigenvalue weighted by Gasteiger charge is 2.20. The van der Waals surface area contributed by atoms with E-state index in [0.717, 1.165) is 27.7 Å². The Balaban J connectivity index is 1.80. The van der Waals surface area contributed by atoms with Crippen LogP contribution >= 0.6 is 34.8 Å². The van der Waals surface area contributed by atoms with Crippen molar-refractivity contribution < 1.29 is 4.79 Å². The zero-order chi connectivity index (χ0) is 22.4. The summed E-state index contributed by atoms with van der Waals surface area (Å²) in [5.41, 5.74) is 5.05. The van der Waals surface area contributed by atoms with E-state index < -0.39 is 5.91 Å². The van der Waals surface area contributed by atoms with E-state index in [9.17, 15) is 4.79 Å². The van der Waals surface area contributed by atoms with Gasteiger partial charge in [-0.15, -0.1) is 0 Å². The number of carbonyl (C=O) groups is 1. The van der Waals surface area contributed by atoms with E-state index in [-0.39, 0.29) is 20.6 Å². The van der Waals surface area contributed by atoms with E-state index in [2.05, 4.69) is 29.5 Å². The summed E-state index contributed by atoms with van der Waals surface area (Å²) in [7, 11) is 0. The van der Waals surface area contributed by atoms with Gasteiger partial charge in [0.1, 0.15) is 5.82 Å². The van der Waals surface area contributed by atoms with Crippen LogP contribution in [0.5, 0.6) is 0 Å². The van der Waals surface area contributed by atoms with Gasteiger partial charge in [-0.05, 0) is 63.1 Å². The van der Waals surface area contributed by atoms with Crippen LogP contribution in [0.25, 0.3) is 16.7 Å². The first-order valence-corrected chi connectivity index (χ1v) is 10.7. The molecule has 0 aliphatic carbocycles. The average molecular weight is 474 g/mol. The van der Waals surface area contributed by atoms with Crippen molar-refractivity contribution in [2.75, 3.05) is 5.32 Å². The van der Waals surface area contributed by atoms with E-state index in [1.165, 1.54) is 11.6 Å². The molecule has 8 heteroatoms. The number of anilines is 1. The quantitative estimate of drug-likeness (QED) is 0.330.